The van der Waals surface area contributed by atoms with Crippen molar-refractivity contribution in [2.24, 2.45) is 11.8 Å². The molecule has 0 aromatic heterocycles. The molecule has 2 aliphatic rings. The third-order valence-corrected chi connectivity index (χ3v) is 5.34. The van der Waals surface area contributed by atoms with Crippen LogP contribution in [0.2, 0.25) is 0 Å². The average Bonchev–Trinajstić information content (AvgIpc) is 2.96. The lowest BCUT2D eigenvalue weighted by atomic mass is 9.94. The molecular weight excluding hydrogens is 342 g/mol. The molecule has 0 bridgehead atoms. The summed E-state index contributed by atoms with van der Waals surface area (Å²) in [7, 11) is 0. The van der Waals surface area contributed by atoms with E-state index in [-0.39, 0.29) is 35.1 Å². The van der Waals surface area contributed by atoms with Crippen molar-refractivity contribution in [1.29, 1.82) is 0 Å². The monoisotopic (exact) mass is 371 g/mol. The lowest BCUT2D eigenvalue weighted by molar-refractivity contribution is -0.139. The summed E-state index contributed by atoms with van der Waals surface area (Å²) in [5.74, 6) is 0.433. The van der Waals surface area contributed by atoms with E-state index in [0.717, 1.165) is 6.42 Å². The van der Waals surface area contributed by atoms with Crippen LogP contribution in [-0.4, -0.2) is 65.1 Å². The molecule has 0 radical (unpaired) electrons. The van der Waals surface area contributed by atoms with Gasteiger partial charge in [0.15, 0.2) is 0 Å². The smallest absolute Gasteiger partial charge is 0.227 e. The highest BCUT2D eigenvalue weighted by Gasteiger charge is 2.41. The van der Waals surface area contributed by atoms with E-state index < -0.39 is 0 Å². The van der Waals surface area contributed by atoms with Crippen LogP contribution >= 0.6 is 11.6 Å². The Hall–Kier alpha value is -1.30. The maximum atomic E-state index is 12.7. The Kier molecular flexibility index (Phi) is 6.72. The first-order valence-corrected chi connectivity index (χ1v) is 9.70. The summed E-state index contributed by atoms with van der Waals surface area (Å²) in [5.41, 5.74) is -0.250. The molecule has 142 valence electrons. The number of likely N-dealkylation sites (tertiary alicyclic amines) is 2. The fourth-order valence-electron chi connectivity index (χ4n) is 3.56. The van der Waals surface area contributed by atoms with Gasteiger partial charge >= 0.3 is 0 Å². The van der Waals surface area contributed by atoms with Crippen LogP contribution in [-0.2, 0) is 14.4 Å². The molecule has 2 heterocycles. The number of rotatable bonds is 5. The van der Waals surface area contributed by atoms with Crippen molar-refractivity contribution in [3.05, 3.63) is 0 Å². The molecule has 2 aliphatic heterocycles. The molecule has 0 aliphatic carbocycles. The molecule has 25 heavy (non-hydrogen) atoms. The van der Waals surface area contributed by atoms with E-state index in [0.29, 0.717) is 51.3 Å². The predicted octanol–water partition coefficient (Wildman–Crippen LogP) is 1.62. The zero-order valence-electron chi connectivity index (χ0n) is 15.5. The Morgan fingerprint density at radius 3 is 2.36 bits per heavy atom. The van der Waals surface area contributed by atoms with Gasteiger partial charge in [-0.3, -0.25) is 14.4 Å². The average molecular weight is 372 g/mol. The second kappa shape index (κ2) is 8.39. The molecule has 1 atom stereocenters. The summed E-state index contributed by atoms with van der Waals surface area (Å²) < 4.78 is 0. The number of amides is 3. The van der Waals surface area contributed by atoms with Gasteiger partial charge in [0.25, 0.3) is 0 Å². The van der Waals surface area contributed by atoms with E-state index in [1.54, 1.807) is 4.90 Å². The first-order chi connectivity index (χ1) is 11.7. The Morgan fingerprint density at radius 2 is 1.84 bits per heavy atom. The molecule has 1 N–H and O–H groups in total. The van der Waals surface area contributed by atoms with E-state index in [1.807, 2.05) is 25.7 Å². The SMILES string of the molecule is CC(C)(C)N1CC(C(=O)N2CCC(C(=O)NCCCCl)CC2)CC1=O. The lowest BCUT2D eigenvalue weighted by Gasteiger charge is -2.34. The summed E-state index contributed by atoms with van der Waals surface area (Å²) in [6, 6.07) is 0. The summed E-state index contributed by atoms with van der Waals surface area (Å²) in [5, 5.41) is 2.90. The number of halogens is 1. The molecule has 2 saturated heterocycles. The topological polar surface area (TPSA) is 69.7 Å². The molecule has 0 aromatic carbocycles. The predicted molar refractivity (Wildman–Crippen MR) is 97.2 cm³/mol. The molecule has 2 rings (SSSR count). The zero-order chi connectivity index (χ0) is 18.6. The number of hydrogen-bond acceptors (Lipinski definition) is 3. The standard InChI is InChI=1S/C18H30ClN3O3/c1-18(2,3)22-12-14(11-15(22)23)17(25)21-9-5-13(6-10-21)16(24)20-8-4-7-19/h13-14H,4-12H2,1-3H3,(H,20,24). The number of piperidine rings is 1. The first kappa shape index (κ1) is 20.0. The van der Waals surface area contributed by atoms with Crippen LogP contribution in [0.1, 0.15) is 46.5 Å². The van der Waals surface area contributed by atoms with Crippen molar-refractivity contribution in [2.75, 3.05) is 32.1 Å². The van der Waals surface area contributed by atoms with Crippen molar-refractivity contribution in [3.8, 4) is 0 Å². The highest BCUT2D eigenvalue weighted by molar-refractivity contribution is 6.17. The number of nitrogens with one attached hydrogen (secondary N) is 1. The van der Waals surface area contributed by atoms with Gasteiger partial charge in [-0.15, -0.1) is 11.6 Å². The van der Waals surface area contributed by atoms with Gasteiger partial charge in [0.1, 0.15) is 0 Å². The van der Waals surface area contributed by atoms with Crippen LogP contribution in [0, 0.1) is 11.8 Å². The Labute approximate surface area is 155 Å². The highest BCUT2D eigenvalue weighted by atomic mass is 35.5. The number of nitrogens with zero attached hydrogens (tertiary/aromatic N) is 2. The summed E-state index contributed by atoms with van der Waals surface area (Å²) in [4.78, 5) is 40.6. The van der Waals surface area contributed by atoms with E-state index in [1.165, 1.54) is 0 Å². The van der Waals surface area contributed by atoms with Crippen molar-refractivity contribution in [1.82, 2.24) is 15.1 Å². The molecule has 6 nitrogen and oxygen atoms in total. The van der Waals surface area contributed by atoms with Gasteiger partial charge in [0.05, 0.1) is 5.92 Å². The number of alkyl halides is 1. The number of carbonyl (C=O) groups is 3. The molecule has 0 spiro atoms. The Morgan fingerprint density at radius 1 is 1.20 bits per heavy atom. The second-order valence-electron chi connectivity index (χ2n) is 8.01. The molecule has 2 fully saturated rings. The summed E-state index contributed by atoms with van der Waals surface area (Å²) in [6.45, 7) is 8.26. The normalized spacial score (nSPS) is 22.4. The fourth-order valence-corrected chi connectivity index (χ4v) is 3.70. The minimum absolute atomic E-state index is 0.0318. The highest BCUT2D eigenvalue weighted by Crippen LogP contribution is 2.28. The molecule has 0 aromatic rings. The van der Waals surface area contributed by atoms with Gasteiger partial charge in [0.2, 0.25) is 17.7 Å². The third kappa shape index (κ3) is 5.09. The summed E-state index contributed by atoms with van der Waals surface area (Å²) >= 11 is 5.61. The van der Waals surface area contributed by atoms with E-state index in [4.69, 9.17) is 11.6 Å². The van der Waals surface area contributed by atoms with Crippen molar-refractivity contribution in [3.63, 3.8) is 0 Å². The van der Waals surface area contributed by atoms with Crippen LogP contribution in [0.25, 0.3) is 0 Å². The Bertz CT molecular complexity index is 510. The second-order valence-corrected chi connectivity index (χ2v) is 8.39. The quantitative estimate of drug-likeness (QED) is 0.589. The fraction of sp³-hybridized carbons (Fsp3) is 0.833. The molecule has 0 saturated carbocycles. The summed E-state index contributed by atoms with van der Waals surface area (Å²) in [6.07, 6.45) is 2.43. The molecular formula is C18H30ClN3O3. The number of carbonyl (C=O) groups excluding carboxylic acids is 3. The Balaban J connectivity index is 1.82. The van der Waals surface area contributed by atoms with Gasteiger partial charge in [-0.05, 0) is 40.0 Å². The molecule has 1 unspecified atom stereocenters. The number of hydrogen-bond donors (Lipinski definition) is 1. The van der Waals surface area contributed by atoms with Crippen molar-refractivity contribution < 1.29 is 14.4 Å². The van der Waals surface area contributed by atoms with E-state index in [2.05, 4.69) is 5.32 Å². The van der Waals surface area contributed by atoms with Gasteiger partial charge in [-0.25, -0.2) is 0 Å². The third-order valence-electron chi connectivity index (χ3n) is 5.07. The van der Waals surface area contributed by atoms with Crippen LogP contribution < -0.4 is 5.32 Å². The van der Waals surface area contributed by atoms with Gasteiger partial charge < -0.3 is 15.1 Å². The van der Waals surface area contributed by atoms with Crippen molar-refractivity contribution >= 4 is 29.3 Å². The van der Waals surface area contributed by atoms with Crippen molar-refractivity contribution in [2.45, 2.75) is 52.0 Å². The minimum atomic E-state index is -0.250. The van der Waals surface area contributed by atoms with Gasteiger partial charge in [-0.1, -0.05) is 0 Å². The molecule has 3 amide bonds. The molecule has 7 heteroatoms. The zero-order valence-corrected chi connectivity index (χ0v) is 16.3. The van der Waals surface area contributed by atoms with Crippen LogP contribution in [0.5, 0.6) is 0 Å². The van der Waals surface area contributed by atoms with Crippen LogP contribution in [0.4, 0.5) is 0 Å². The maximum Gasteiger partial charge on any atom is 0.227 e. The largest absolute Gasteiger partial charge is 0.356 e. The van der Waals surface area contributed by atoms with E-state index >= 15 is 0 Å². The van der Waals surface area contributed by atoms with Crippen LogP contribution in [0.15, 0.2) is 0 Å². The van der Waals surface area contributed by atoms with Crippen LogP contribution in [0.3, 0.4) is 0 Å². The lowest BCUT2D eigenvalue weighted by Crippen LogP contribution is -2.46. The maximum absolute atomic E-state index is 12.7. The van der Waals surface area contributed by atoms with Gasteiger partial charge in [0, 0.05) is 49.9 Å². The van der Waals surface area contributed by atoms with E-state index in [9.17, 15) is 14.4 Å². The van der Waals surface area contributed by atoms with Gasteiger partial charge in [-0.2, -0.15) is 0 Å². The minimum Gasteiger partial charge on any atom is -0.356 e. The first-order valence-electron chi connectivity index (χ1n) is 9.17.